The summed E-state index contributed by atoms with van der Waals surface area (Å²) in [6.45, 7) is 0.853. The molecule has 3 rings (SSSR count). The monoisotopic (exact) mass is 303 g/mol. The molecule has 1 aliphatic heterocycles. The van der Waals surface area contributed by atoms with E-state index in [4.69, 9.17) is 0 Å². The van der Waals surface area contributed by atoms with Crippen molar-refractivity contribution in [2.24, 2.45) is 7.05 Å². The molecular formula is C16H21N3OS. The minimum absolute atomic E-state index is 0.140. The predicted molar refractivity (Wildman–Crippen MR) is 84.2 cm³/mol. The van der Waals surface area contributed by atoms with Crippen LogP contribution in [0, 0.1) is 0 Å². The molecule has 3 heterocycles. The summed E-state index contributed by atoms with van der Waals surface area (Å²) >= 11 is 1.65. The highest BCUT2D eigenvalue weighted by atomic mass is 32.1. The van der Waals surface area contributed by atoms with Crippen LogP contribution in [0.3, 0.4) is 0 Å². The lowest BCUT2D eigenvalue weighted by Gasteiger charge is -2.29. The number of aromatic nitrogens is 2. The number of likely N-dealkylation sites (tertiary alicyclic amines) is 1. The molecule has 2 aromatic rings. The summed E-state index contributed by atoms with van der Waals surface area (Å²) in [5.41, 5.74) is 1.03. The van der Waals surface area contributed by atoms with Gasteiger partial charge in [-0.3, -0.25) is 9.48 Å². The van der Waals surface area contributed by atoms with E-state index in [0.29, 0.717) is 6.42 Å². The number of nitrogens with zero attached hydrogens (tertiary/aromatic N) is 3. The second kappa shape index (κ2) is 6.43. The van der Waals surface area contributed by atoms with Crippen LogP contribution in [0.5, 0.6) is 0 Å². The third-order valence-corrected chi connectivity index (χ3v) is 4.93. The molecule has 0 saturated carbocycles. The summed E-state index contributed by atoms with van der Waals surface area (Å²) in [5.74, 6) is 0.231. The van der Waals surface area contributed by atoms with Crippen molar-refractivity contribution in [3.63, 3.8) is 0 Å². The van der Waals surface area contributed by atoms with Crippen molar-refractivity contribution in [1.29, 1.82) is 0 Å². The van der Waals surface area contributed by atoms with E-state index in [0.717, 1.165) is 30.0 Å². The summed E-state index contributed by atoms with van der Waals surface area (Å²) in [6, 6.07) is 6.23. The number of carbonyl (C=O) groups is 1. The van der Waals surface area contributed by atoms with Gasteiger partial charge < -0.3 is 4.90 Å². The second-order valence-corrected chi connectivity index (χ2v) is 6.65. The first-order valence-electron chi connectivity index (χ1n) is 7.55. The lowest BCUT2D eigenvalue weighted by molar-refractivity contribution is -0.133. The van der Waals surface area contributed by atoms with Crippen molar-refractivity contribution in [2.45, 2.75) is 38.1 Å². The van der Waals surface area contributed by atoms with E-state index in [1.54, 1.807) is 11.3 Å². The summed E-state index contributed by atoms with van der Waals surface area (Å²) in [5, 5.41) is 6.56. The van der Waals surface area contributed by atoms with Crippen LogP contribution in [-0.2, 0) is 18.3 Å². The van der Waals surface area contributed by atoms with Crippen molar-refractivity contribution in [2.75, 3.05) is 6.54 Å². The minimum atomic E-state index is 0.140. The topological polar surface area (TPSA) is 38.1 Å². The van der Waals surface area contributed by atoms with Gasteiger partial charge in [-0.25, -0.2) is 0 Å². The molecular weight excluding hydrogens is 282 g/mol. The molecule has 0 aromatic carbocycles. The molecule has 21 heavy (non-hydrogen) atoms. The van der Waals surface area contributed by atoms with Crippen LogP contribution in [0.25, 0.3) is 0 Å². The Morgan fingerprint density at radius 2 is 2.29 bits per heavy atom. The van der Waals surface area contributed by atoms with Gasteiger partial charge in [-0.15, -0.1) is 11.3 Å². The zero-order valence-corrected chi connectivity index (χ0v) is 13.2. The molecule has 2 aromatic heterocycles. The van der Waals surface area contributed by atoms with E-state index in [9.17, 15) is 4.79 Å². The van der Waals surface area contributed by atoms with Crippen LogP contribution >= 0.6 is 11.3 Å². The Hall–Kier alpha value is -1.62. The van der Waals surface area contributed by atoms with Gasteiger partial charge in [-0.1, -0.05) is 18.9 Å². The molecule has 1 amide bonds. The van der Waals surface area contributed by atoms with Gasteiger partial charge in [0.1, 0.15) is 0 Å². The Morgan fingerprint density at radius 3 is 3.00 bits per heavy atom. The maximum Gasteiger partial charge on any atom is 0.228 e. The number of rotatable bonds is 3. The fraction of sp³-hybridized carbons (Fsp3) is 0.500. The van der Waals surface area contributed by atoms with Crippen molar-refractivity contribution in [1.82, 2.24) is 14.7 Å². The van der Waals surface area contributed by atoms with Gasteiger partial charge in [0.25, 0.3) is 0 Å². The predicted octanol–water partition coefficient (Wildman–Crippen LogP) is 3.17. The maximum absolute atomic E-state index is 12.7. The standard InChI is InChI=1S/C16H21N3OS/c1-18-10-8-14(17-18)15-7-3-2-4-9-19(15)16(20)12-13-6-5-11-21-13/h5-6,8,10-11,15H,2-4,7,9,12H2,1H3/t15-/m0/s1. The third kappa shape index (κ3) is 3.35. The SMILES string of the molecule is Cn1ccc([C@@H]2CCCCCN2C(=O)Cc2cccs2)n1. The number of hydrogen-bond acceptors (Lipinski definition) is 3. The molecule has 0 radical (unpaired) electrons. The highest BCUT2D eigenvalue weighted by Gasteiger charge is 2.28. The van der Waals surface area contributed by atoms with Gasteiger partial charge in [0, 0.05) is 24.7 Å². The fourth-order valence-electron chi connectivity index (χ4n) is 2.99. The fourth-order valence-corrected chi connectivity index (χ4v) is 3.68. The number of amides is 1. The number of hydrogen-bond donors (Lipinski definition) is 0. The highest BCUT2D eigenvalue weighted by molar-refractivity contribution is 7.10. The third-order valence-electron chi connectivity index (χ3n) is 4.05. The van der Waals surface area contributed by atoms with Crippen LogP contribution in [-0.4, -0.2) is 27.1 Å². The van der Waals surface area contributed by atoms with Crippen LogP contribution in [0.1, 0.15) is 42.3 Å². The number of thiophene rings is 1. The van der Waals surface area contributed by atoms with Gasteiger partial charge in [-0.2, -0.15) is 5.10 Å². The Labute approximate surface area is 129 Å². The number of carbonyl (C=O) groups excluding carboxylic acids is 1. The van der Waals surface area contributed by atoms with Crippen LogP contribution in [0.15, 0.2) is 29.8 Å². The lowest BCUT2D eigenvalue weighted by Crippen LogP contribution is -2.36. The van der Waals surface area contributed by atoms with Crippen molar-refractivity contribution in [3.8, 4) is 0 Å². The summed E-state index contributed by atoms with van der Waals surface area (Å²) < 4.78 is 1.82. The smallest absolute Gasteiger partial charge is 0.228 e. The first-order valence-corrected chi connectivity index (χ1v) is 8.43. The van der Waals surface area contributed by atoms with E-state index >= 15 is 0 Å². The number of aryl methyl sites for hydroxylation is 1. The molecule has 1 aliphatic rings. The lowest BCUT2D eigenvalue weighted by atomic mass is 10.1. The largest absolute Gasteiger partial charge is 0.334 e. The molecule has 0 spiro atoms. The van der Waals surface area contributed by atoms with Gasteiger partial charge in [0.05, 0.1) is 18.2 Å². The van der Waals surface area contributed by atoms with Gasteiger partial charge in [0.15, 0.2) is 0 Å². The van der Waals surface area contributed by atoms with E-state index in [1.165, 1.54) is 12.8 Å². The Balaban J connectivity index is 1.79. The Bertz CT molecular complexity index is 590. The summed E-state index contributed by atoms with van der Waals surface area (Å²) in [6.07, 6.45) is 6.96. The average molecular weight is 303 g/mol. The molecule has 0 aliphatic carbocycles. The highest BCUT2D eigenvalue weighted by Crippen LogP contribution is 2.29. The zero-order valence-electron chi connectivity index (χ0n) is 12.4. The van der Waals surface area contributed by atoms with Crippen molar-refractivity contribution < 1.29 is 4.79 Å². The second-order valence-electron chi connectivity index (χ2n) is 5.62. The first kappa shape index (κ1) is 14.3. The summed E-state index contributed by atoms with van der Waals surface area (Å²) in [7, 11) is 1.93. The maximum atomic E-state index is 12.7. The Kier molecular flexibility index (Phi) is 4.39. The van der Waals surface area contributed by atoms with Crippen LogP contribution in [0.2, 0.25) is 0 Å². The molecule has 1 fully saturated rings. The van der Waals surface area contributed by atoms with Gasteiger partial charge in [0.2, 0.25) is 5.91 Å². The quantitative estimate of drug-likeness (QED) is 0.873. The van der Waals surface area contributed by atoms with E-state index < -0.39 is 0 Å². The van der Waals surface area contributed by atoms with E-state index in [-0.39, 0.29) is 11.9 Å². The normalized spacial score (nSPS) is 19.5. The van der Waals surface area contributed by atoms with E-state index in [2.05, 4.69) is 10.00 Å². The van der Waals surface area contributed by atoms with Gasteiger partial charge >= 0.3 is 0 Å². The summed E-state index contributed by atoms with van der Waals surface area (Å²) in [4.78, 5) is 15.9. The van der Waals surface area contributed by atoms with Crippen LogP contribution < -0.4 is 0 Å². The minimum Gasteiger partial charge on any atom is -0.334 e. The Morgan fingerprint density at radius 1 is 1.38 bits per heavy atom. The van der Waals surface area contributed by atoms with Crippen LogP contribution in [0.4, 0.5) is 0 Å². The van der Waals surface area contributed by atoms with Gasteiger partial charge in [-0.05, 0) is 30.4 Å². The molecule has 1 atom stereocenters. The molecule has 0 bridgehead atoms. The molecule has 5 heteroatoms. The molecule has 112 valence electrons. The zero-order chi connectivity index (χ0) is 14.7. The van der Waals surface area contributed by atoms with Crippen molar-refractivity contribution in [3.05, 3.63) is 40.3 Å². The molecule has 0 unspecified atom stereocenters. The molecule has 4 nitrogen and oxygen atoms in total. The van der Waals surface area contributed by atoms with Crippen molar-refractivity contribution >= 4 is 17.2 Å². The molecule has 1 saturated heterocycles. The first-order chi connectivity index (χ1) is 10.2. The van der Waals surface area contributed by atoms with E-state index in [1.807, 2.05) is 41.5 Å². The molecule has 0 N–H and O–H groups in total. The average Bonchev–Trinajstić information content (AvgIpc) is 3.05.